The molecule has 1 aliphatic rings. The Bertz CT molecular complexity index is 1390. The van der Waals surface area contributed by atoms with Gasteiger partial charge in [-0.25, -0.2) is 0 Å². The van der Waals surface area contributed by atoms with E-state index in [-0.39, 0.29) is 31.4 Å². The summed E-state index contributed by atoms with van der Waals surface area (Å²) in [7, 11) is 1.54. The summed E-state index contributed by atoms with van der Waals surface area (Å²) < 4.78 is 5.13. The Hall–Kier alpha value is -4.47. The van der Waals surface area contributed by atoms with Gasteiger partial charge in [0.2, 0.25) is 5.91 Å². The first-order valence-electron chi connectivity index (χ1n) is 13.0. The van der Waals surface area contributed by atoms with Gasteiger partial charge < -0.3 is 30.5 Å². The lowest BCUT2D eigenvalue weighted by Crippen LogP contribution is -2.39. The van der Waals surface area contributed by atoms with Crippen LogP contribution in [0.1, 0.15) is 34.8 Å². The van der Waals surface area contributed by atoms with Crippen LogP contribution in [0.2, 0.25) is 0 Å². The van der Waals surface area contributed by atoms with Crippen LogP contribution in [0, 0.1) is 5.92 Å². The molecule has 1 aliphatic heterocycles. The van der Waals surface area contributed by atoms with Gasteiger partial charge in [-0.2, -0.15) is 0 Å². The number of hydrogen-bond acceptors (Lipinski definition) is 6. The van der Waals surface area contributed by atoms with Gasteiger partial charge in [0.25, 0.3) is 11.8 Å². The number of aliphatic hydroxyl groups excluding tert-OH is 1. The maximum absolute atomic E-state index is 12.9. The lowest BCUT2D eigenvalue weighted by atomic mass is 9.82. The second kappa shape index (κ2) is 12.6. The Morgan fingerprint density at radius 3 is 2.50 bits per heavy atom. The number of benzene rings is 3. The number of carbonyl (C=O) groups is 3. The number of ether oxygens (including phenoxy) is 1. The molecule has 0 fully saturated rings. The molecule has 208 valence electrons. The largest absolute Gasteiger partial charge is 0.497 e. The minimum absolute atomic E-state index is 0.0414. The van der Waals surface area contributed by atoms with Crippen LogP contribution in [-0.4, -0.2) is 53.1 Å². The van der Waals surface area contributed by atoms with Crippen molar-refractivity contribution < 1.29 is 29.3 Å². The fourth-order valence-corrected chi connectivity index (χ4v) is 4.64. The zero-order valence-electron chi connectivity index (χ0n) is 22.5. The lowest BCUT2D eigenvalue weighted by molar-refractivity contribution is -0.137. The van der Waals surface area contributed by atoms with E-state index in [1.807, 2.05) is 30.3 Å². The van der Waals surface area contributed by atoms with E-state index < -0.39 is 17.4 Å². The molecule has 1 heterocycles. The van der Waals surface area contributed by atoms with Crippen LogP contribution in [0.15, 0.2) is 84.9 Å². The normalized spacial score (nSPS) is 16.8. The number of hydrogen-bond donors (Lipinski definition) is 4. The maximum Gasteiger partial charge on any atom is 0.261 e. The molecule has 0 spiro atoms. The van der Waals surface area contributed by atoms with E-state index in [0.717, 1.165) is 5.56 Å². The highest BCUT2D eigenvalue weighted by Crippen LogP contribution is 2.43. The summed E-state index contributed by atoms with van der Waals surface area (Å²) in [5, 5.41) is 26.5. The molecule has 3 aromatic rings. The first-order valence-corrected chi connectivity index (χ1v) is 13.0. The summed E-state index contributed by atoms with van der Waals surface area (Å²) in [5.74, 6) is -1.18. The Labute approximate surface area is 233 Å². The Balaban J connectivity index is 1.45. The molecular weight excluding hydrogens is 510 g/mol. The van der Waals surface area contributed by atoms with Gasteiger partial charge in [0, 0.05) is 47.9 Å². The number of nitrogens with zero attached hydrogens (tertiary/aromatic N) is 1. The van der Waals surface area contributed by atoms with Crippen molar-refractivity contribution in [1.29, 1.82) is 0 Å². The molecule has 4 rings (SSSR count). The van der Waals surface area contributed by atoms with Crippen molar-refractivity contribution in [2.45, 2.75) is 25.5 Å². The Morgan fingerprint density at radius 1 is 1.10 bits per heavy atom. The van der Waals surface area contributed by atoms with Gasteiger partial charge >= 0.3 is 0 Å². The second-order valence-corrected chi connectivity index (χ2v) is 9.61. The third-order valence-corrected chi connectivity index (χ3v) is 6.95. The van der Waals surface area contributed by atoms with Crippen molar-refractivity contribution in [2.24, 2.45) is 5.92 Å². The number of anilines is 2. The SMILES string of the molecule is COc1ccc(C(=O)Nc2ccc3c(c2)[C@](O)([C@@H](C)/C=C/CC(=O)N(CCO)Cc2ccccc2)C(=O)N3)cc1. The Morgan fingerprint density at radius 2 is 1.82 bits per heavy atom. The predicted octanol–water partition coefficient (Wildman–Crippen LogP) is 3.69. The van der Waals surface area contributed by atoms with Crippen LogP contribution in [-0.2, 0) is 21.7 Å². The first-order chi connectivity index (χ1) is 19.3. The van der Waals surface area contributed by atoms with E-state index in [2.05, 4.69) is 10.6 Å². The van der Waals surface area contributed by atoms with E-state index in [9.17, 15) is 24.6 Å². The van der Waals surface area contributed by atoms with Gasteiger partial charge in [-0.1, -0.05) is 49.4 Å². The smallest absolute Gasteiger partial charge is 0.261 e. The molecule has 0 saturated carbocycles. The molecule has 4 N–H and O–H groups in total. The van der Waals surface area contributed by atoms with Gasteiger partial charge in [0.05, 0.1) is 13.7 Å². The van der Waals surface area contributed by atoms with Crippen LogP contribution >= 0.6 is 0 Å². The van der Waals surface area contributed by atoms with Gasteiger partial charge in [-0.05, 0) is 48.0 Å². The molecule has 0 aliphatic carbocycles. The standard InChI is InChI=1S/C31H33N3O6/c1-21(7-6-10-28(36)34(17-18-35)20-22-8-4-3-5-9-22)31(39)26-19-24(13-16-27(26)33-30(31)38)32-29(37)23-11-14-25(40-2)15-12-23/h3-9,11-16,19,21,35,39H,10,17-18,20H2,1-2H3,(H,32,37)(H,33,38)/b7-6+/t21-,31+/m0/s1. The average molecular weight is 544 g/mol. The average Bonchev–Trinajstić information content (AvgIpc) is 3.23. The van der Waals surface area contributed by atoms with Crippen molar-refractivity contribution in [1.82, 2.24) is 4.90 Å². The number of carbonyl (C=O) groups excluding carboxylic acids is 3. The summed E-state index contributed by atoms with van der Waals surface area (Å²) in [6.07, 6.45) is 3.30. The van der Waals surface area contributed by atoms with Gasteiger partial charge in [0.1, 0.15) is 5.75 Å². The third kappa shape index (κ3) is 6.22. The van der Waals surface area contributed by atoms with Crippen molar-refractivity contribution in [3.8, 4) is 5.75 Å². The van der Waals surface area contributed by atoms with Crippen LogP contribution in [0.3, 0.4) is 0 Å². The van der Waals surface area contributed by atoms with Crippen molar-refractivity contribution in [3.05, 3.63) is 102 Å². The van der Waals surface area contributed by atoms with Gasteiger partial charge in [-0.15, -0.1) is 0 Å². The van der Waals surface area contributed by atoms with Crippen molar-refractivity contribution in [2.75, 3.05) is 30.9 Å². The van der Waals surface area contributed by atoms with E-state index in [4.69, 9.17) is 4.74 Å². The maximum atomic E-state index is 12.9. The van der Waals surface area contributed by atoms with Crippen LogP contribution in [0.25, 0.3) is 0 Å². The van der Waals surface area contributed by atoms with E-state index in [0.29, 0.717) is 34.8 Å². The number of amides is 3. The zero-order chi connectivity index (χ0) is 28.7. The molecule has 3 amide bonds. The molecule has 0 bridgehead atoms. The number of nitrogens with one attached hydrogen (secondary N) is 2. The minimum Gasteiger partial charge on any atom is -0.497 e. The molecule has 3 aromatic carbocycles. The monoisotopic (exact) mass is 543 g/mol. The van der Waals surface area contributed by atoms with Gasteiger partial charge in [-0.3, -0.25) is 14.4 Å². The molecule has 0 saturated heterocycles. The molecule has 2 atom stereocenters. The van der Waals surface area contributed by atoms with E-state index in [1.54, 1.807) is 73.6 Å². The molecule has 9 nitrogen and oxygen atoms in total. The first kappa shape index (κ1) is 28.5. The fraction of sp³-hybridized carbons (Fsp3) is 0.258. The molecule has 0 unspecified atom stereocenters. The summed E-state index contributed by atoms with van der Waals surface area (Å²) in [6.45, 7) is 2.09. The number of fused-ring (bicyclic) bond motifs is 1. The minimum atomic E-state index is -1.90. The summed E-state index contributed by atoms with van der Waals surface area (Å²) in [5.41, 5.74) is 0.674. The predicted molar refractivity (Wildman–Crippen MR) is 152 cm³/mol. The van der Waals surface area contributed by atoms with Crippen LogP contribution in [0.5, 0.6) is 5.75 Å². The second-order valence-electron chi connectivity index (χ2n) is 9.61. The Kier molecular flexibility index (Phi) is 8.98. The lowest BCUT2D eigenvalue weighted by Gasteiger charge is -2.26. The van der Waals surface area contributed by atoms with E-state index >= 15 is 0 Å². The number of methoxy groups -OCH3 is 1. The summed E-state index contributed by atoms with van der Waals surface area (Å²) in [6, 6.07) is 21.0. The highest BCUT2D eigenvalue weighted by Gasteiger charge is 2.48. The highest BCUT2D eigenvalue weighted by molar-refractivity contribution is 6.07. The molecular formula is C31H33N3O6. The molecule has 9 heteroatoms. The topological polar surface area (TPSA) is 128 Å². The fourth-order valence-electron chi connectivity index (χ4n) is 4.64. The molecule has 40 heavy (non-hydrogen) atoms. The molecule has 0 aromatic heterocycles. The third-order valence-electron chi connectivity index (χ3n) is 6.95. The molecule has 0 radical (unpaired) electrons. The van der Waals surface area contributed by atoms with Gasteiger partial charge in [0.15, 0.2) is 5.60 Å². The zero-order valence-corrected chi connectivity index (χ0v) is 22.5. The van der Waals surface area contributed by atoms with Crippen molar-refractivity contribution >= 4 is 29.1 Å². The van der Waals surface area contributed by atoms with Crippen LogP contribution < -0.4 is 15.4 Å². The highest BCUT2D eigenvalue weighted by atomic mass is 16.5. The van der Waals surface area contributed by atoms with Crippen LogP contribution in [0.4, 0.5) is 11.4 Å². The van der Waals surface area contributed by atoms with Crippen molar-refractivity contribution in [3.63, 3.8) is 0 Å². The number of aliphatic hydroxyl groups is 2. The number of rotatable bonds is 11. The summed E-state index contributed by atoms with van der Waals surface area (Å²) >= 11 is 0. The quantitative estimate of drug-likeness (QED) is 0.273. The summed E-state index contributed by atoms with van der Waals surface area (Å²) in [4.78, 5) is 40.1. The van der Waals surface area contributed by atoms with E-state index in [1.165, 1.54) is 0 Å².